The molecular formula is C18H14ClN3O2S. The lowest BCUT2D eigenvalue weighted by molar-refractivity contribution is -0.118. The standard InChI is InChI=1S/C18H14ClN3O2S/c19-11-7-5-10(6-8-11)13-9-14(13)16(23)21-22-17(24)12-3-1-2-4-15(12)20-18(22)25/h1-8,13-14H,9H2,(H,20,25)(H,21,23)/t13-,14-/m0/s1. The number of hydrogen-bond donors (Lipinski definition) is 2. The summed E-state index contributed by atoms with van der Waals surface area (Å²) in [6.45, 7) is 0. The van der Waals surface area contributed by atoms with Crippen molar-refractivity contribution >= 4 is 40.6 Å². The normalized spacial score (nSPS) is 18.9. The Labute approximate surface area is 153 Å². The number of rotatable bonds is 3. The third kappa shape index (κ3) is 2.99. The van der Waals surface area contributed by atoms with E-state index in [-0.39, 0.29) is 28.1 Å². The summed E-state index contributed by atoms with van der Waals surface area (Å²) in [5, 5.41) is 1.14. The van der Waals surface area contributed by atoms with E-state index in [1.165, 1.54) is 0 Å². The van der Waals surface area contributed by atoms with Gasteiger partial charge in [-0.05, 0) is 54.4 Å². The topological polar surface area (TPSA) is 66.9 Å². The Morgan fingerprint density at radius 3 is 2.68 bits per heavy atom. The molecule has 2 aromatic carbocycles. The fraction of sp³-hybridized carbons (Fsp3) is 0.167. The van der Waals surface area contributed by atoms with Crippen LogP contribution in [0.3, 0.4) is 0 Å². The number of para-hydroxylation sites is 1. The maximum Gasteiger partial charge on any atom is 0.281 e. The molecule has 1 saturated carbocycles. The fourth-order valence-corrected chi connectivity index (χ4v) is 3.38. The number of benzene rings is 2. The summed E-state index contributed by atoms with van der Waals surface area (Å²) in [5.41, 5.74) is 4.03. The van der Waals surface area contributed by atoms with E-state index in [4.69, 9.17) is 23.8 Å². The molecule has 2 N–H and O–H groups in total. The van der Waals surface area contributed by atoms with Crippen LogP contribution in [0.2, 0.25) is 5.02 Å². The number of H-pyrrole nitrogens is 1. The number of nitrogens with zero attached hydrogens (tertiary/aromatic N) is 1. The average molecular weight is 372 g/mol. The van der Waals surface area contributed by atoms with E-state index < -0.39 is 0 Å². The molecule has 0 spiro atoms. The van der Waals surface area contributed by atoms with Crippen LogP contribution in [0.4, 0.5) is 0 Å². The Morgan fingerprint density at radius 2 is 1.92 bits per heavy atom. The van der Waals surface area contributed by atoms with E-state index in [1.807, 2.05) is 30.3 Å². The SMILES string of the molecule is O=C(Nn1c(=S)[nH]c2ccccc2c1=O)[C@H]1C[C@H]1c1ccc(Cl)cc1. The van der Waals surface area contributed by atoms with Gasteiger partial charge in [-0.3, -0.25) is 15.0 Å². The van der Waals surface area contributed by atoms with Crippen molar-refractivity contribution < 1.29 is 4.79 Å². The van der Waals surface area contributed by atoms with Gasteiger partial charge in [0.15, 0.2) is 4.77 Å². The summed E-state index contributed by atoms with van der Waals surface area (Å²) < 4.78 is 1.28. The smallest absolute Gasteiger partial charge is 0.281 e. The zero-order valence-electron chi connectivity index (χ0n) is 13.0. The molecule has 4 rings (SSSR count). The first-order valence-electron chi connectivity index (χ1n) is 7.85. The van der Waals surface area contributed by atoms with Crippen molar-refractivity contribution in [3.05, 3.63) is 74.2 Å². The monoisotopic (exact) mass is 371 g/mol. The van der Waals surface area contributed by atoms with Crippen LogP contribution in [0, 0.1) is 10.7 Å². The maximum atomic E-state index is 12.6. The third-order valence-electron chi connectivity index (χ3n) is 4.45. The van der Waals surface area contributed by atoms with E-state index in [1.54, 1.807) is 18.2 Å². The van der Waals surface area contributed by atoms with Crippen LogP contribution >= 0.6 is 23.8 Å². The van der Waals surface area contributed by atoms with Crippen LogP contribution in [-0.2, 0) is 4.79 Å². The number of hydrogen-bond acceptors (Lipinski definition) is 3. The highest BCUT2D eigenvalue weighted by atomic mass is 35.5. The summed E-state index contributed by atoms with van der Waals surface area (Å²) in [4.78, 5) is 28.0. The molecule has 7 heteroatoms. The molecule has 1 aromatic heterocycles. The van der Waals surface area contributed by atoms with Crippen LogP contribution in [0.25, 0.3) is 10.9 Å². The number of carbonyl (C=O) groups is 1. The average Bonchev–Trinajstić information content (AvgIpc) is 3.40. The minimum absolute atomic E-state index is 0.144. The predicted octanol–water partition coefficient (Wildman–Crippen LogP) is 3.59. The van der Waals surface area contributed by atoms with E-state index in [2.05, 4.69) is 10.4 Å². The van der Waals surface area contributed by atoms with Crippen molar-refractivity contribution in [3.8, 4) is 0 Å². The lowest BCUT2D eigenvalue weighted by Gasteiger charge is -2.09. The first kappa shape index (κ1) is 16.1. The molecule has 2 atom stereocenters. The number of nitrogens with one attached hydrogen (secondary N) is 2. The first-order chi connectivity index (χ1) is 12.0. The number of fused-ring (bicyclic) bond motifs is 1. The van der Waals surface area contributed by atoms with Gasteiger partial charge in [-0.25, -0.2) is 0 Å². The minimum Gasteiger partial charge on any atom is -0.330 e. The molecule has 0 aliphatic heterocycles. The van der Waals surface area contributed by atoms with Crippen molar-refractivity contribution in [2.24, 2.45) is 5.92 Å². The second-order valence-corrected chi connectivity index (χ2v) is 6.92. The van der Waals surface area contributed by atoms with E-state index in [0.29, 0.717) is 15.9 Å². The Hall–Kier alpha value is -2.44. The molecule has 1 aliphatic rings. The summed E-state index contributed by atoms with van der Waals surface area (Å²) in [5.74, 6) is -0.239. The highest BCUT2D eigenvalue weighted by molar-refractivity contribution is 7.71. The van der Waals surface area contributed by atoms with Gasteiger partial charge in [0.05, 0.1) is 10.9 Å². The second kappa shape index (κ2) is 6.13. The number of carbonyl (C=O) groups excluding carboxylic acids is 1. The lowest BCUT2D eigenvalue weighted by Crippen LogP contribution is -2.35. The van der Waals surface area contributed by atoms with Gasteiger partial charge in [-0.15, -0.1) is 0 Å². The third-order valence-corrected chi connectivity index (χ3v) is 4.99. The van der Waals surface area contributed by atoms with Crippen LogP contribution in [-0.4, -0.2) is 15.6 Å². The van der Waals surface area contributed by atoms with Crippen molar-refractivity contribution in [2.75, 3.05) is 5.43 Å². The molecule has 1 heterocycles. The van der Waals surface area contributed by atoms with Crippen LogP contribution in [0.5, 0.6) is 0 Å². The number of halogens is 1. The Kier molecular flexibility index (Phi) is 3.94. The maximum absolute atomic E-state index is 12.6. The molecule has 25 heavy (non-hydrogen) atoms. The lowest BCUT2D eigenvalue weighted by atomic mass is 10.1. The highest BCUT2D eigenvalue weighted by Crippen LogP contribution is 2.47. The molecule has 0 bridgehead atoms. The number of amides is 1. The predicted molar refractivity (Wildman–Crippen MR) is 100 cm³/mol. The molecule has 0 saturated heterocycles. The molecule has 5 nitrogen and oxygen atoms in total. The molecule has 0 unspecified atom stereocenters. The first-order valence-corrected chi connectivity index (χ1v) is 8.63. The quantitative estimate of drug-likeness (QED) is 0.691. The zero-order chi connectivity index (χ0) is 17.6. The number of aromatic amines is 1. The van der Waals surface area contributed by atoms with Crippen LogP contribution in [0.15, 0.2) is 53.3 Å². The van der Waals surface area contributed by atoms with Gasteiger partial charge >= 0.3 is 0 Å². The number of aromatic nitrogens is 2. The zero-order valence-corrected chi connectivity index (χ0v) is 14.6. The minimum atomic E-state index is -0.337. The van der Waals surface area contributed by atoms with Gasteiger partial charge < -0.3 is 4.98 Å². The van der Waals surface area contributed by atoms with E-state index >= 15 is 0 Å². The van der Waals surface area contributed by atoms with Crippen molar-refractivity contribution in [1.29, 1.82) is 0 Å². The van der Waals surface area contributed by atoms with Crippen LogP contribution in [0.1, 0.15) is 17.9 Å². The van der Waals surface area contributed by atoms with Crippen molar-refractivity contribution in [3.63, 3.8) is 0 Å². The van der Waals surface area contributed by atoms with Crippen molar-refractivity contribution in [2.45, 2.75) is 12.3 Å². The van der Waals surface area contributed by atoms with Gasteiger partial charge in [0.25, 0.3) is 5.56 Å². The molecule has 1 aliphatic carbocycles. The van der Waals surface area contributed by atoms with Crippen molar-refractivity contribution in [1.82, 2.24) is 9.66 Å². The van der Waals surface area contributed by atoms with Gasteiger partial charge in [-0.2, -0.15) is 4.68 Å². The molecule has 1 fully saturated rings. The van der Waals surface area contributed by atoms with Gasteiger partial charge in [0.1, 0.15) is 0 Å². The highest BCUT2D eigenvalue weighted by Gasteiger charge is 2.44. The Balaban J connectivity index is 1.58. The van der Waals surface area contributed by atoms with Crippen LogP contribution < -0.4 is 11.0 Å². The summed E-state index contributed by atoms with van der Waals surface area (Å²) in [6, 6.07) is 14.5. The van der Waals surface area contributed by atoms with Gasteiger partial charge in [0, 0.05) is 10.9 Å². The van der Waals surface area contributed by atoms with Gasteiger partial charge in [0.2, 0.25) is 5.91 Å². The molecule has 1 amide bonds. The summed E-state index contributed by atoms with van der Waals surface area (Å²) in [7, 11) is 0. The largest absolute Gasteiger partial charge is 0.330 e. The molecular weight excluding hydrogens is 358 g/mol. The molecule has 0 radical (unpaired) electrons. The molecule has 126 valence electrons. The summed E-state index contributed by atoms with van der Waals surface area (Å²) in [6.07, 6.45) is 0.742. The second-order valence-electron chi connectivity index (χ2n) is 6.09. The van der Waals surface area contributed by atoms with E-state index in [0.717, 1.165) is 16.7 Å². The Morgan fingerprint density at radius 1 is 1.20 bits per heavy atom. The Bertz CT molecular complexity index is 1090. The van der Waals surface area contributed by atoms with E-state index in [9.17, 15) is 9.59 Å². The molecule has 3 aromatic rings. The van der Waals surface area contributed by atoms with Gasteiger partial charge in [-0.1, -0.05) is 35.9 Å². The fourth-order valence-electron chi connectivity index (χ4n) is 3.02. The summed E-state index contributed by atoms with van der Waals surface area (Å²) >= 11 is 11.1.